The van der Waals surface area contributed by atoms with E-state index < -0.39 is 12.2 Å². The Hall–Kier alpha value is -3.38. The average Bonchev–Trinajstić information content (AvgIpc) is 3.15. The molecule has 0 fully saturated rings. The van der Waals surface area contributed by atoms with Crippen molar-refractivity contribution in [2.45, 2.75) is 26.1 Å². The van der Waals surface area contributed by atoms with Gasteiger partial charge in [0.15, 0.2) is 0 Å². The number of ether oxygens (including phenoxy) is 2. The van der Waals surface area contributed by atoms with Gasteiger partial charge in [-0.25, -0.2) is 9.97 Å². The maximum absolute atomic E-state index is 9.88. The van der Waals surface area contributed by atoms with Gasteiger partial charge in [0.2, 0.25) is 11.6 Å². The van der Waals surface area contributed by atoms with Crippen molar-refractivity contribution < 1.29 is 19.0 Å². The van der Waals surface area contributed by atoms with Crippen molar-refractivity contribution in [1.82, 2.24) is 9.97 Å². The first kappa shape index (κ1) is 19.0. The van der Waals surface area contributed by atoms with Gasteiger partial charge in [0.05, 0.1) is 13.2 Å². The van der Waals surface area contributed by atoms with E-state index >= 15 is 0 Å². The van der Waals surface area contributed by atoms with Gasteiger partial charge in [-0.2, -0.15) is 0 Å². The predicted molar refractivity (Wildman–Crippen MR) is 111 cm³/mol. The number of aliphatic hydroxyl groups excluding tert-OH is 1. The summed E-state index contributed by atoms with van der Waals surface area (Å²) in [7, 11) is 1.63. The summed E-state index contributed by atoms with van der Waals surface area (Å²) in [5.74, 6) is 1.82. The van der Waals surface area contributed by atoms with Gasteiger partial charge < -0.3 is 19.0 Å². The lowest BCUT2D eigenvalue weighted by molar-refractivity contribution is 0.0585. The summed E-state index contributed by atoms with van der Waals surface area (Å²) in [6.07, 6.45) is 0.319. The number of aliphatic hydroxyl groups is 1. The van der Waals surface area contributed by atoms with Crippen LogP contribution in [0.2, 0.25) is 0 Å². The first-order valence-corrected chi connectivity index (χ1v) is 9.40. The van der Waals surface area contributed by atoms with Crippen LogP contribution in [0.15, 0.2) is 65.3 Å². The molecule has 0 amide bonds. The molecule has 2 unspecified atom stereocenters. The fraction of sp³-hybridized carbons (Fsp3) is 0.217. The largest absolute Gasteiger partial charge is 0.497 e. The van der Waals surface area contributed by atoms with Gasteiger partial charge in [0, 0.05) is 11.1 Å². The smallest absolute Gasteiger partial charge is 0.234 e. The molecule has 2 aromatic heterocycles. The van der Waals surface area contributed by atoms with Crippen molar-refractivity contribution >= 4 is 11.1 Å². The zero-order valence-corrected chi connectivity index (χ0v) is 16.5. The third-order valence-electron chi connectivity index (χ3n) is 4.85. The first-order valence-electron chi connectivity index (χ1n) is 9.40. The highest BCUT2D eigenvalue weighted by atomic mass is 16.5. The monoisotopic (exact) mass is 390 g/mol. The van der Waals surface area contributed by atoms with Crippen LogP contribution in [0.5, 0.6) is 11.6 Å². The minimum atomic E-state index is -0.648. The zero-order valence-electron chi connectivity index (χ0n) is 16.5. The van der Waals surface area contributed by atoms with Crippen molar-refractivity contribution in [2.75, 3.05) is 7.11 Å². The third-order valence-corrected chi connectivity index (χ3v) is 4.85. The lowest BCUT2D eigenvalue weighted by atomic mass is 9.99. The molecule has 6 heteroatoms. The summed E-state index contributed by atoms with van der Waals surface area (Å²) in [5.41, 5.74) is 3.11. The van der Waals surface area contributed by atoms with Crippen molar-refractivity contribution in [2.24, 2.45) is 0 Å². The normalized spacial score (nSPS) is 13.2. The quantitative estimate of drug-likeness (QED) is 0.514. The minimum Gasteiger partial charge on any atom is -0.497 e. The van der Waals surface area contributed by atoms with Gasteiger partial charge in [0.1, 0.15) is 29.3 Å². The molecule has 0 aliphatic heterocycles. The van der Waals surface area contributed by atoms with Gasteiger partial charge in [-0.3, -0.25) is 0 Å². The highest BCUT2D eigenvalue weighted by molar-refractivity contribution is 6.03. The van der Waals surface area contributed by atoms with Gasteiger partial charge in [-0.1, -0.05) is 42.5 Å². The van der Waals surface area contributed by atoms with E-state index in [1.165, 1.54) is 6.33 Å². The molecule has 0 bridgehead atoms. The van der Waals surface area contributed by atoms with Crippen molar-refractivity contribution in [3.8, 4) is 34.1 Å². The molecule has 4 aromatic rings. The molecule has 0 aliphatic rings. The van der Waals surface area contributed by atoms with Crippen molar-refractivity contribution in [1.29, 1.82) is 0 Å². The van der Waals surface area contributed by atoms with Crippen LogP contribution in [0.1, 0.15) is 13.8 Å². The summed E-state index contributed by atoms with van der Waals surface area (Å²) >= 11 is 0. The minimum absolute atomic E-state index is 0.375. The molecular formula is C23H22N2O4. The van der Waals surface area contributed by atoms with E-state index in [2.05, 4.69) is 9.97 Å². The van der Waals surface area contributed by atoms with Crippen molar-refractivity contribution in [3.05, 3.63) is 60.9 Å². The molecule has 6 nitrogen and oxygen atoms in total. The van der Waals surface area contributed by atoms with E-state index in [9.17, 15) is 5.11 Å². The number of fused-ring (bicyclic) bond motifs is 1. The second-order valence-electron chi connectivity index (χ2n) is 6.82. The van der Waals surface area contributed by atoms with Crippen LogP contribution in [0.4, 0.5) is 0 Å². The van der Waals surface area contributed by atoms with E-state index in [0.717, 1.165) is 22.4 Å². The second kappa shape index (κ2) is 7.93. The number of aromatic nitrogens is 2. The van der Waals surface area contributed by atoms with Gasteiger partial charge in [0.25, 0.3) is 0 Å². The van der Waals surface area contributed by atoms with Crippen LogP contribution in [-0.4, -0.2) is 34.4 Å². The SMILES string of the molecule is COc1ccc(-c2c(-c3ccccc3)oc3ncnc(OC(C)C(C)O)c23)cc1. The van der Waals surface area contributed by atoms with E-state index in [4.69, 9.17) is 13.9 Å². The Balaban J connectivity index is 1.97. The van der Waals surface area contributed by atoms with Gasteiger partial charge in [-0.15, -0.1) is 0 Å². The van der Waals surface area contributed by atoms with E-state index in [1.54, 1.807) is 21.0 Å². The number of nitrogens with zero attached hydrogens (tertiary/aromatic N) is 2. The first-order chi connectivity index (χ1) is 14.1. The Morgan fingerprint density at radius 2 is 1.66 bits per heavy atom. The van der Waals surface area contributed by atoms with Crippen LogP contribution in [-0.2, 0) is 0 Å². The van der Waals surface area contributed by atoms with E-state index in [1.807, 2.05) is 54.6 Å². The highest BCUT2D eigenvalue weighted by Crippen LogP contribution is 2.43. The molecule has 0 aliphatic carbocycles. The summed E-state index contributed by atoms with van der Waals surface area (Å²) in [6, 6.07) is 17.6. The molecule has 4 rings (SSSR count). The van der Waals surface area contributed by atoms with Gasteiger partial charge >= 0.3 is 0 Å². The molecule has 2 heterocycles. The fourth-order valence-electron chi connectivity index (χ4n) is 3.10. The Kier molecular flexibility index (Phi) is 5.18. The van der Waals surface area contributed by atoms with Crippen LogP contribution < -0.4 is 9.47 Å². The Morgan fingerprint density at radius 3 is 2.31 bits per heavy atom. The lowest BCUT2D eigenvalue weighted by Crippen LogP contribution is -2.26. The number of hydrogen-bond acceptors (Lipinski definition) is 6. The zero-order chi connectivity index (χ0) is 20.4. The van der Waals surface area contributed by atoms with Crippen LogP contribution in [0, 0.1) is 0 Å². The molecule has 0 saturated heterocycles. The third kappa shape index (κ3) is 3.67. The predicted octanol–water partition coefficient (Wildman–Crippen LogP) is 4.71. The molecular weight excluding hydrogens is 368 g/mol. The Morgan fingerprint density at radius 1 is 0.931 bits per heavy atom. The molecule has 0 spiro atoms. The van der Waals surface area contributed by atoms with Gasteiger partial charge in [-0.05, 0) is 31.5 Å². The molecule has 2 atom stereocenters. The number of rotatable bonds is 6. The summed E-state index contributed by atoms with van der Waals surface area (Å²) in [6.45, 7) is 3.47. The maximum atomic E-state index is 9.88. The fourth-order valence-corrected chi connectivity index (χ4v) is 3.10. The molecule has 0 radical (unpaired) electrons. The average molecular weight is 390 g/mol. The maximum Gasteiger partial charge on any atom is 0.234 e. The van der Waals surface area contributed by atoms with Crippen molar-refractivity contribution in [3.63, 3.8) is 0 Å². The van der Waals surface area contributed by atoms with Crippen LogP contribution in [0.3, 0.4) is 0 Å². The number of furan rings is 1. The molecule has 0 saturated carbocycles. The molecule has 29 heavy (non-hydrogen) atoms. The summed E-state index contributed by atoms with van der Waals surface area (Å²) in [5, 5.41) is 10.5. The van der Waals surface area contributed by atoms with Crippen LogP contribution in [0.25, 0.3) is 33.6 Å². The van der Waals surface area contributed by atoms with E-state index in [-0.39, 0.29) is 0 Å². The summed E-state index contributed by atoms with van der Waals surface area (Å²) in [4.78, 5) is 8.64. The second-order valence-corrected chi connectivity index (χ2v) is 6.82. The molecule has 2 aromatic carbocycles. The number of benzene rings is 2. The lowest BCUT2D eigenvalue weighted by Gasteiger charge is -2.17. The topological polar surface area (TPSA) is 77.6 Å². The molecule has 148 valence electrons. The molecule has 1 N–H and O–H groups in total. The van der Waals surface area contributed by atoms with E-state index in [0.29, 0.717) is 22.7 Å². The Bertz CT molecular complexity index is 1110. The summed E-state index contributed by atoms with van der Waals surface area (Å²) < 4.78 is 17.4. The number of hydrogen-bond donors (Lipinski definition) is 1. The number of methoxy groups -OCH3 is 1. The standard InChI is InChI=1S/C23H22N2O4/c1-14(26)15(2)28-22-20-19(16-9-11-18(27-3)12-10-16)21(17-7-5-4-6-8-17)29-23(20)25-13-24-22/h4-15,26H,1-3H3. The highest BCUT2D eigenvalue weighted by Gasteiger charge is 2.24. The Labute approximate surface area is 168 Å². The van der Waals surface area contributed by atoms with Crippen LogP contribution >= 0.6 is 0 Å².